The zero-order chi connectivity index (χ0) is 16.3. The number of nitrogens with zero attached hydrogens (tertiary/aromatic N) is 1. The fraction of sp³-hybridized carbons (Fsp3) is 0.467. The van der Waals surface area contributed by atoms with Crippen molar-refractivity contribution in [2.45, 2.75) is 32.2 Å². The molecule has 7 heteroatoms. The molecular formula is C15H20N2O4S. The number of carbonyl (C=O) groups excluding carboxylic acids is 2. The molecule has 0 atom stereocenters. The second kappa shape index (κ2) is 6.48. The first-order chi connectivity index (χ1) is 10.3. The van der Waals surface area contributed by atoms with Gasteiger partial charge in [-0.2, -0.15) is 0 Å². The Bertz CT molecular complexity index is 681. The summed E-state index contributed by atoms with van der Waals surface area (Å²) in [6, 6.07) is 6.66. The van der Waals surface area contributed by atoms with E-state index >= 15 is 0 Å². The lowest BCUT2D eigenvalue weighted by Gasteiger charge is -2.22. The van der Waals surface area contributed by atoms with Gasteiger partial charge in [0.25, 0.3) is 0 Å². The Morgan fingerprint density at radius 1 is 1.32 bits per heavy atom. The van der Waals surface area contributed by atoms with Crippen LogP contribution in [0.3, 0.4) is 0 Å². The van der Waals surface area contributed by atoms with Crippen LogP contribution in [-0.4, -0.2) is 39.0 Å². The standard InChI is InChI=1S/C15H20N2O4S/c1-11(18)12-4-3-5-14(10-12)17(22(2,20)21)9-8-15(19)16-13-6-7-13/h3-5,10,13H,6-9H2,1-2H3,(H,16,19). The van der Waals surface area contributed by atoms with E-state index in [1.54, 1.807) is 18.2 Å². The van der Waals surface area contributed by atoms with Crippen molar-refractivity contribution in [2.75, 3.05) is 17.1 Å². The van der Waals surface area contributed by atoms with E-state index in [0.29, 0.717) is 11.3 Å². The number of ketones is 1. The highest BCUT2D eigenvalue weighted by Gasteiger charge is 2.24. The number of sulfonamides is 1. The summed E-state index contributed by atoms with van der Waals surface area (Å²) in [5, 5.41) is 2.83. The van der Waals surface area contributed by atoms with Crippen LogP contribution in [-0.2, 0) is 14.8 Å². The molecule has 1 N–H and O–H groups in total. The molecule has 22 heavy (non-hydrogen) atoms. The van der Waals surface area contributed by atoms with Crippen LogP contribution in [0.1, 0.15) is 36.5 Å². The summed E-state index contributed by atoms with van der Waals surface area (Å²) in [5.41, 5.74) is 0.836. The normalized spacial score (nSPS) is 14.5. The third-order valence-corrected chi connectivity index (χ3v) is 4.62. The van der Waals surface area contributed by atoms with Crippen molar-refractivity contribution in [3.8, 4) is 0 Å². The quantitative estimate of drug-likeness (QED) is 0.767. The molecule has 1 aliphatic rings. The predicted molar refractivity (Wildman–Crippen MR) is 84.4 cm³/mol. The Balaban J connectivity index is 2.13. The van der Waals surface area contributed by atoms with Gasteiger partial charge in [-0.05, 0) is 31.9 Å². The van der Waals surface area contributed by atoms with Crippen LogP contribution in [0.5, 0.6) is 0 Å². The lowest BCUT2D eigenvalue weighted by Crippen LogP contribution is -2.35. The number of hydrogen-bond donors (Lipinski definition) is 1. The van der Waals surface area contributed by atoms with Crippen LogP contribution in [0, 0.1) is 0 Å². The van der Waals surface area contributed by atoms with Crippen molar-refractivity contribution >= 4 is 27.4 Å². The lowest BCUT2D eigenvalue weighted by molar-refractivity contribution is -0.121. The molecule has 0 saturated heterocycles. The summed E-state index contributed by atoms with van der Waals surface area (Å²) in [7, 11) is -3.53. The van der Waals surface area contributed by atoms with Gasteiger partial charge in [-0.15, -0.1) is 0 Å². The molecule has 0 spiro atoms. The number of Topliss-reactive ketones (excluding diaryl/α,β-unsaturated/α-hetero) is 1. The van der Waals surface area contributed by atoms with Gasteiger partial charge in [0, 0.05) is 24.6 Å². The summed E-state index contributed by atoms with van der Waals surface area (Å²) >= 11 is 0. The van der Waals surface area contributed by atoms with Crippen molar-refractivity contribution in [1.29, 1.82) is 0 Å². The van der Waals surface area contributed by atoms with Gasteiger partial charge in [-0.3, -0.25) is 13.9 Å². The van der Waals surface area contributed by atoms with E-state index in [4.69, 9.17) is 0 Å². The maximum Gasteiger partial charge on any atom is 0.232 e. The summed E-state index contributed by atoms with van der Waals surface area (Å²) in [6.07, 6.45) is 3.16. The lowest BCUT2D eigenvalue weighted by atomic mass is 10.1. The monoisotopic (exact) mass is 324 g/mol. The fourth-order valence-electron chi connectivity index (χ4n) is 2.10. The predicted octanol–water partition coefficient (Wildman–Crippen LogP) is 1.32. The Labute approximate surface area is 130 Å². The van der Waals surface area contributed by atoms with Gasteiger partial charge in [-0.25, -0.2) is 8.42 Å². The van der Waals surface area contributed by atoms with Crippen molar-refractivity contribution < 1.29 is 18.0 Å². The van der Waals surface area contributed by atoms with Crippen LogP contribution >= 0.6 is 0 Å². The van der Waals surface area contributed by atoms with Gasteiger partial charge >= 0.3 is 0 Å². The van der Waals surface area contributed by atoms with Crippen LogP contribution in [0.15, 0.2) is 24.3 Å². The van der Waals surface area contributed by atoms with E-state index in [1.165, 1.54) is 13.0 Å². The number of hydrogen-bond acceptors (Lipinski definition) is 4. The van der Waals surface area contributed by atoms with E-state index in [9.17, 15) is 18.0 Å². The van der Waals surface area contributed by atoms with Crippen LogP contribution in [0.4, 0.5) is 5.69 Å². The van der Waals surface area contributed by atoms with Gasteiger partial charge in [-0.1, -0.05) is 12.1 Å². The smallest absolute Gasteiger partial charge is 0.232 e. The van der Waals surface area contributed by atoms with E-state index < -0.39 is 10.0 Å². The molecule has 2 rings (SSSR count). The molecule has 6 nitrogen and oxygen atoms in total. The van der Waals surface area contributed by atoms with Crippen LogP contribution in [0.2, 0.25) is 0 Å². The highest BCUT2D eigenvalue weighted by molar-refractivity contribution is 7.92. The van der Waals surface area contributed by atoms with E-state index in [-0.39, 0.29) is 30.7 Å². The Morgan fingerprint density at radius 3 is 2.55 bits per heavy atom. The third-order valence-electron chi connectivity index (χ3n) is 3.43. The van der Waals surface area contributed by atoms with Crippen molar-refractivity contribution in [3.63, 3.8) is 0 Å². The number of rotatable bonds is 7. The summed E-state index contributed by atoms with van der Waals surface area (Å²) < 4.78 is 25.1. The molecule has 1 aliphatic carbocycles. The average molecular weight is 324 g/mol. The first-order valence-electron chi connectivity index (χ1n) is 7.15. The largest absolute Gasteiger partial charge is 0.353 e. The molecule has 1 amide bonds. The highest BCUT2D eigenvalue weighted by Crippen LogP contribution is 2.21. The van der Waals surface area contributed by atoms with Crippen LogP contribution < -0.4 is 9.62 Å². The van der Waals surface area contributed by atoms with Crippen molar-refractivity contribution in [3.05, 3.63) is 29.8 Å². The molecule has 0 aromatic heterocycles. The van der Waals surface area contributed by atoms with Gasteiger partial charge in [0.15, 0.2) is 5.78 Å². The molecular weight excluding hydrogens is 304 g/mol. The molecule has 0 bridgehead atoms. The molecule has 0 unspecified atom stereocenters. The summed E-state index contributed by atoms with van der Waals surface area (Å²) in [6.45, 7) is 1.48. The zero-order valence-electron chi connectivity index (χ0n) is 12.7. The number of benzene rings is 1. The second-order valence-corrected chi connectivity index (χ2v) is 7.44. The number of amides is 1. The number of carbonyl (C=O) groups is 2. The van der Waals surface area contributed by atoms with E-state index in [0.717, 1.165) is 23.4 Å². The van der Waals surface area contributed by atoms with Crippen molar-refractivity contribution in [1.82, 2.24) is 5.32 Å². The molecule has 1 aromatic carbocycles. The minimum Gasteiger partial charge on any atom is -0.353 e. The van der Waals surface area contributed by atoms with E-state index in [1.807, 2.05) is 0 Å². The highest BCUT2D eigenvalue weighted by atomic mass is 32.2. The molecule has 1 fully saturated rings. The number of nitrogens with one attached hydrogen (secondary N) is 1. The first-order valence-corrected chi connectivity index (χ1v) is 9.00. The second-order valence-electron chi connectivity index (χ2n) is 5.53. The van der Waals surface area contributed by atoms with Crippen LogP contribution in [0.25, 0.3) is 0 Å². The Morgan fingerprint density at radius 2 is 2.00 bits per heavy atom. The Hall–Kier alpha value is -1.89. The van der Waals surface area contributed by atoms with Crippen molar-refractivity contribution in [2.24, 2.45) is 0 Å². The maximum atomic E-state index is 12.0. The SMILES string of the molecule is CC(=O)c1cccc(N(CCC(=O)NC2CC2)S(C)(=O)=O)c1. The minimum absolute atomic E-state index is 0.0543. The molecule has 1 saturated carbocycles. The van der Waals surface area contributed by atoms with Gasteiger partial charge in [0.05, 0.1) is 11.9 Å². The topological polar surface area (TPSA) is 83.6 Å². The maximum absolute atomic E-state index is 12.0. The first kappa shape index (κ1) is 16.5. The Kier molecular flexibility index (Phi) is 4.85. The zero-order valence-corrected chi connectivity index (χ0v) is 13.5. The molecule has 0 heterocycles. The van der Waals surface area contributed by atoms with Gasteiger partial charge in [0.1, 0.15) is 0 Å². The van der Waals surface area contributed by atoms with Gasteiger partial charge < -0.3 is 5.32 Å². The fourth-order valence-corrected chi connectivity index (χ4v) is 3.02. The molecule has 0 radical (unpaired) electrons. The number of anilines is 1. The molecule has 120 valence electrons. The minimum atomic E-state index is -3.53. The average Bonchev–Trinajstić information content (AvgIpc) is 3.21. The summed E-state index contributed by atoms with van der Waals surface area (Å²) in [4.78, 5) is 23.2. The van der Waals surface area contributed by atoms with Gasteiger partial charge in [0.2, 0.25) is 15.9 Å². The molecule has 1 aromatic rings. The van der Waals surface area contributed by atoms with E-state index in [2.05, 4.69) is 5.32 Å². The molecule has 0 aliphatic heterocycles. The summed E-state index contributed by atoms with van der Waals surface area (Å²) in [5.74, 6) is -0.291. The third kappa shape index (κ3) is 4.56.